The largest absolute Gasteiger partial charge is 0.394 e. The zero-order valence-corrected chi connectivity index (χ0v) is 10.7. The van der Waals surface area contributed by atoms with Crippen molar-refractivity contribution in [1.29, 1.82) is 0 Å². The summed E-state index contributed by atoms with van der Waals surface area (Å²) in [6, 6.07) is 8.03. The summed E-state index contributed by atoms with van der Waals surface area (Å²) in [4.78, 5) is 1.13. The van der Waals surface area contributed by atoms with Gasteiger partial charge >= 0.3 is 0 Å². The van der Waals surface area contributed by atoms with Crippen LogP contribution in [0.5, 0.6) is 0 Å². The zero-order valence-electron chi connectivity index (χ0n) is 8.25. The molecule has 2 nitrogen and oxygen atoms in total. The highest BCUT2D eigenvalue weighted by atomic mass is 79.9. The fourth-order valence-electron chi connectivity index (χ4n) is 0.760. The van der Waals surface area contributed by atoms with Gasteiger partial charge < -0.3 is 5.11 Å². The Labute approximate surface area is 97.4 Å². The van der Waals surface area contributed by atoms with E-state index in [1.54, 1.807) is 0 Å². The lowest BCUT2D eigenvalue weighted by atomic mass is 10.1. The molecule has 1 aromatic carbocycles. The minimum Gasteiger partial charge on any atom is -0.394 e. The van der Waals surface area contributed by atoms with Crippen LogP contribution in [-0.4, -0.2) is 17.3 Å². The summed E-state index contributed by atoms with van der Waals surface area (Å²) in [5, 5.41) is 9.04. The Morgan fingerprint density at radius 3 is 2.79 bits per heavy atom. The molecule has 0 saturated heterocycles. The van der Waals surface area contributed by atoms with Gasteiger partial charge in [0.1, 0.15) is 0 Å². The minimum atomic E-state index is -0.257. The van der Waals surface area contributed by atoms with Crippen molar-refractivity contribution in [1.82, 2.24) is 4.72 Å². The van der Waals surface area contributed by atoms with Crippen LogP contribution in [0.25, 0.3) is 0 Å². The van der Waals surface area contributed by atoms with E-state index in [0.717, 1.165) is 9.37 Å². The fourth-order valence-corrected chi connectivity index (χ4v) is 2.10. The van der Waals surface area contributed by atoms with Gasteiger partial charge in [0.05, 0.1) is 6.61 Å². The molecule has 0 aliphatic rings. The maximum atomic E-state index is 9.04. The van der Waals surface area contributed by atoms with Crippen LogP contribution in [0.1, 0.15) is 13.8 Å². The molecule has 0 aliphatic heterocycles. The molecule has 0 amide bonds. The monoisotopic (exact) mass is 275 g/mol. The van der Waals surface area contributed by atoms with E-state index in [0.29, 0.717) is 0 Å². The topological polar surface area (TPSA) is 32.3 Å². The molecule has 1 aromatic rings. The number of hydrogen-bond acceptors (Lipinski definition) is 3. The number of aliphatic hydroxyl groups is 1. The van der Waals surface area contributed by atoms with E-state index < -0.39 is 0 Å². The predicted molar refractivity (Wildman–Crippen MR) is 64.3 cm³/mol. The lowest BCUT2D eigenvalue weighted by Gasteiger charge is -2.22. The highest BCUT2D eigenvalue weighted by molar-refractivity contribution is 9.10. The van der Waals surface area contributed by atoms with Crippen LogP contribution in [0.15, 0.2) is 33.6 Å². The summed E-state index contributed by atoms with van der Waals surface area (Å²) in [5.41, 5.74) is -0.257. The van der Waals surface area contributed by atoms with E-state index in [1.807, 2.05) is 38.1 Å². The van der Waals surface area contributed by atoms with Crippen LogP contribution >= 0.6 is 27.9 Å². The van der Waals surface area contributed by atoms with Gasteiger partial charge in [-0.05, 0) is 44.0 Å². The molecule has 0 saturated carbocycles. The number of aliphatic hydroxyl groups excluding tert-OH is 1. The predicted octanol–water partition coefficient (Wildman–Crippen LogP) is 2.82. The molecule has 0 spiro atoms. The van der Waals surface area contributed by atoms with Crippen LogP contribution in [0.4, 0.5) is 0 Å². The van der Waals surface area contributed by atoms with Gasteiger partial charge in [-0.15, -0.1) is 0 Å². The Morgan fingerprint density at radius 1 is 1.50 bits per heavy atom. The summed E-state index contributed by atoms with van der Waals surface area (Å²) in [5.74, 6) is 0. The molecule has 0 bridgehead atoms. The summed E-state index contributed by atoms with van der Waals surface area (Å²) in [7, 11) is 0. The molecular formula is C10H14BrNOS. The van der Waals surface area contributed by atoms with Gasteiger partial charge in [-0.25, -0.2) is 0 Å². The maximum absolute atomic E-state index is 9.04. The number of benzene rings is 1. The van der Waals surface area contributed by atoms with Crippen LogP contribution in [0, 0.1) is 0 Å². The summed E-state index contributed by atoms with van der Waals surface area (Å²) in [6.07, 6.45) is 0. The molecule has 14 heavy (non-hydrogen) atoms. The van der Waals surface area contributed by atoms with Crippen molar-refractivity contribution in [3.8, 4) is 0 Å². The van der Waals surface area contributed by atoms with Crippen LogP contribution in [0.2, 0.25) is 0 Å². The van der Waals surface area contributed by atoms with Gasteiger partial charge in [-0.2, -0.15) is 0 Å². The normalized spacial score (nSPS) is 11.7. The maximum Gasteiger partial charge on any atom is 0.0616 e. The van der Waals surface area contributed by atoms with Crippen molar-refractivity contribution >= 4 is 27.9 Å². The lowest BCUT2D eigenvalue weighted by Crippen LogP contribution is -2.38. The Kier molecular flexibility index (Phi) is 4.44. The molecule has 0 fully saturated rings. The third-order valence-electron chi connectivity index (χ3n) is 1.64. The van der Waals surface area contributed by atoms with Crippen molar-refractivity contribution in [3.63, 3.8) is 0 Å². The molecule has 0 heterocycles. The van der Waals surface area contributed by atoms with Crippen molar-refractivity contribution in [2.45, 2.75) is 24.3 Å². The number of hydrogen-bond donors (Lipinski definition) is 2. The Morgan fingerprint density at radius 2 is 2.21 bits per heavy atom. The van der Waals surface area contributed by atoms with Crippen LogP contribution in [-0.2, 0) is 0 Å². The summed E-state index contributed by atoms with van der Waals surface area (Å²) >= 11 is 4.94. The third-order valence-corrected chi connectivity index (χ3v) is 3.27. The molecule has 0 radical (unpaired) electrons. The van der Waals surface area contributed by atoms with Crippen molar-refractivity contribution in [2.24, 2.45) is 0 Å². The second-order valence-electron chi connectivity index (χ2n) is 3.70. The molecule has 0 unspecified atom stereocenters. The lowest BCUT2D eigenvalue weighted by molar-refractivity contribution is 0.211. The first kappa shape index (κ1) is 12.0. The van der Waals surface area contributed by atoms with E-state index in [1.165, 1.54) is 11.9 Å². The quantitative estimate of drug-likeness (QED) is 0.829. The van der Waals surface area contributed by atoms with Gasteiger partial charge in [0, 0.05) is 14.9 Å². The molecular weight excluding hydrogens is 262 g/mol. The number of rotatable bonds is 4. The smallest absolute Gasteiger partial charge is 0.0616 e. The van der Waals surface area contributed by atoms with Gasteiger partial charge in [-0.3, -0.25) is 4.72 Å². The SMILES string of the molecule is CC(C)(CO)NSc1cccc(Br)c1. The van der Waals surface area contributed by atoms with Crippen LogP contribution in [0.3, 0.4) is 0 Å². The summed E-state index contributed by atoms with van der Waals surface area (Å²) < 4.78 is 4.26. The molecule has 2 N–H and O–H groups in total. The van der Waals surface area contributed by atoms with E-state index in [9.17, 15) is 0 Å². The first-order valence-corrected chi connectivity index (χ1v) is 5.95. The van der Waals surface area contributed by atoms with Crippen LogP contribution < -0.4 is 4.72 Å². The molecule has 78 valence electrons. The second-order valence-corrected chi connectivity index (χ2v) is 5.50. The average Bonchev–Trinajstić information content (AvgIpc) is 2.15. The molecule has 0 aliphatic carbocycles. The van der Waals surface area contributed by atoms with Gasteiger partial charge in [0.15, 0.2) is 0 Å². The first-order valence-electron chi connectivity index (χ1n) is 4.34. The van der Waals surface area contributed by atoms with E-state index in [-0.39, 0.29) is 12.1 Å². The molecule has 0 atom stereocenters. The van der Waals surface area contributed by atoms with Gasteiger partial charge in [0.2, 0.25) is 0 Å². The van der Waals surface area contributed by atoms with E-state index >= 15 is 0 Å². The van der Waals surface area contributed by atoms with E-state index in [4.69, 9.17) is 5.11 Å². The Hall–Kier alpha value is -0.0300. The highest BCUT2D eigenvalue weighted by Crippen LogP contribution is 2.21. The number of nitrogens with one attached hydrogen (secondary N) is 1. The van der Waals surface area contributed by atoms with Gasteiger partial charge in [0.25, 0.3) is 0 Å². The minimum absolute atomic E-state index is 0.119. The molecule has 4 heteroatoms. The van der Waals surface area contributed by atoms with Gasteiger partial charge in [-0.1, -0.05) is 22.0 Å². The zero-order chi connectivity index (χ0) is 10.6. The number of halogens is 1. The highest BCUT2D eigenvalue weighted by Gasteiger charge is 2.15. The average molecular weight is 276 g/mol. The third kappa shape index (κ3) is 4.00. The Bertz CT molecular complexity index is 304. The standard InChI is InChI=1S/C10H14BrNOS/c1-10(2,7-13)12-14-9-5-3-4-8(11)6-9/h3-6,12-13H,7H2,1-2H3. The van der Waals surface area contributed by atoms with E-state index in [2.05, 4.69) is 20.7 Å². The van der Waals surface area contributed by atoms with Crippen molar-refractivity contribution < 1.29 is 5.11 Å². The summed E-state index contributed by atoms with van der Waals surface area (Å²) in [6.45, 7) is 4.03. The fraction of sp³-hybridized carbons (Fsp3) is 0.400. The first-order chi connectivity index (χ1) is 6.53. The van der Waals surface area contributed by atoms with Crippen molar-refractivity contribution in [2.75, 3.05) is 6.61 Å². The molecule has 0 aromatic heterocycles. The van der Waals surface area contributed by atoms with Crippen molar-refractivity contribution in [3.05, 3.63) is 28.7 Å². The second kappa shape index (κ2) is 5.16. The Balaban J connectivity index is 2.54. The molecule has 1 rings (SSSR count).